The first-order valence-electron chi connectivity index (χ1n) is 4.93. The molecule has 0 aliphatic rings. The lowest BCUT2D eigenvalue weighted by Crippen LogP contribution is -1.83. The fourth-order valence-corrected chi connectivity index (χ4v) is 2.58. The van der Waals surface area contributed by atoms with Crippen LogP contribution in [0.4, 0.5) is 0 Å². The van der Waals surface area contributed by atoms with Gasteiger partial charge in [0.25, 0.3) is 0 Å². The molecule has 0 aliphatic heterocycles. The van der Waals surface area contributed by atoms with E-state index in [-0.39, 0.29) is 0 Å². The highest BCUT2D eigenvalue weighted by Gasteiger charge is 2.02. The third kappa shape index (κ3) is 1.38. The third-order valence-corrected chi connectivity index (χ3v) is 3.61. The minimum atomic E-state index is 1.29. The van der Waals surface area contributed by atoms with Crippen molar-refractivity contribution in [1.29, 1.82) is 0 Å². The number of hydrogen-bond donors (Lipinski definition) is 0. The lowest BCUT2D eigenvalue weighted by atomic mass is 10.1. The van der Waals surface area contributed by atoms with E-state index >= 15 is 0 Å². The van der Waals surface area contributed by atoms with Gasteiger partial charge in [-0.15, -0.1) is 11.3 Å². The fourth-order valence-electron chi connectivity index (χ4n) is 1.86. The Balaban J connectivity index is 2.25. The lowest BCUT2D eigenvalue weighted by molar-refractivity contribution is 0.969. The van der Waals surface area contributed by atoms with Crippen molar-refractivity contribution in [3.05, 3.63) is 48.0 Å². The molecule has 2 heterocycles. The molecular formula is C13H11NS. The first-order chi connectivity index (χ1) is 7.34. The first kappa shape index (κ1) is 8.74. The largest absolute Gasteiger partial charge is 0.351 e. The van der Waals surface area contributed by atoms with Gasteiger partial charge in [-0.1, -0.05) is 18.2 Å². The van der Waals surface area contributed by atoms with Gasteiger partial charge in [-0.2, -0.15) is 0 Å². The summed E-state index contributed by atoms with van der Waals surface area (Å²) in [4.78, 5) is 1.33. The minimum Gasteiger partial charge on any atom is -0.351 e. The highest BCUT2D eigenvalue weighted by Crippen LogP contribution is 2.27. The smallest absolute Gasteiger partial charge is 0.0484 e. The van der Waals surface area contributed by atoms with Crippen LogP contribution in [0.15, 0.2) is 48.0 Å². The highest BCUT2D eigenvalue weighted by atomic mass is 32.1. The van der Waals surface area contributed by atoms with Gasteiger partial charge < -0.3 is 4.57 Å². The van der Waals surface area contributed by atoms with Crippen molar-refractivity contribution in [3.8, 4) is 10.4 Å². The monoisotopic (exact) mass is 213 g/mol. The molecule has 0 bridgehead atoms. The van der Waals surface area contributed by atoms with E-state index in [1.54, 1.807) is 11.3 Å². The molecule has 0 unspecified atom stereocenters. The maximum Gasteiger partial charge on any atom is 0.0484 e. The predicted molar refractivity (Wildman–Crippen MR) is 66.2 cm³/mol. The molecule has 0 N–H and O–H groups in total. The average molecular weight is 213 g/mol. The van der Waals surface area contributed by atoms with Crippen LogP contribution in [0.2, 0.25) is 0 Å². The molecule has 0 spiro atoms. The number of hydrogen-bond acceptors (Lipinski definition) is 1. The van der Waals surface area contributed by atoms with E-state index < -0.39 is 0 Å². The van der Waals surface area contributed by atoms with Gasteiger partial charge >= 0.3 is 0 Å². The van der Waals surface area contributed by atoms with Crippen LogP contribution in [0.25, 0.3) is 21.3 Å². The minimum absolute atomic E-state index is 1.29. The third-order valence-electron chi connectivity index (χ3n) is 2.69. The van der Waals surface area contributed by atoms with Crippen LogP contribution in [-0.4, -0.2) is 4.57 Å². The lowest BCUT2D eigenvalue weighted by Gasteiger charge is -2.00. The number of aromatic nitrogens is 1. The summed E-state index contributed by atoms with van der Waals surface area (Å²) < 4.78 is 2.16. The van der Waals surface area contributed by atoms with Gasteiger partial charge in [0, 0.05) is 23.6 Å². The molecular weight excluding hydrogens is 202 g/mol. The van der Waals surface area contributed by atoms with E-state index in [4.69, 9.17) is 0 Å². The topological polar surface area (TPSA) is 4.93 Å². The number of fused-ring (bicyclic) bond motifs is 1. The molecule has 15 heavy (non-hydrogen) atoms. The Hall–Kier alpha value is -1.54. The van der Waals surface area contributed by atoms with Crippen molar-refractivity contribution < 1.29 is 0 Å². The van der Waals surface area contributed by atoms with E-state index in [0.717, 1.165) is 0 Å². The number of nitrogens with zero attached hydrogens (tertiary/aromatic N) is 1. The van der Waals surface area contributed by atoms with Gasteiger partial charge in [0.15, 0.2) is 0 Å². The van der Waals surface area contributed by atoms with Crippen molar-refractivity contribution in [1.82, 2.24) is 4.57 Å². The zero-order chi connectivity index (χ0) is 10.3. The van der Waals surface area contributed by atoms with Crippen LogP contribution in [0.3, 0.4) is 0 Å². The predicted octanol–water partition coefficient (Wildman–Crippen LogP) is 3.91. The zero-order valence-electron chi connectivity index (χ0n) is 8.47. The van der Waals surface area contributed by atoms with Crippen LogP contribution >= 0.6 is 11.3 Å². The Morgan fingerprint density at radius 2 is 2.07 bits per heavy atom. The Labute approximate surface area is 92.6 Å². The molecule has 1 aromatic carbocycles. The standard InChI is InChI=1S/C13H11NS/c1-14-7-6-10-4-5-11(9-12(10)14)13-3-2-8-15-13/h2-9H,1H3. The van der Waals surface area contributed by atoms with Crippen molar-refractivity contribution in [2.75, 3.05) is 0 Å². The van der Waals surface area contributed by atoms with Crippen LogP contribution in [0.5, 0.6) is 0 Å². The maximum atomic E-state index is 2.25. The van der Waals surface area contributed by atoms with Crippen LogP contribution in [0, 0.1) is 0 Å². The summed E-state index contributed by atoms with van der Waals surface area (Å²) >= 11 is 1.78. The van der Waals surface area contributed by atoms with Crippen molar-refractivity contribution in [2.45, 2.75) is 0 Å². The van der Waals surface area contributed by atoms with Gasteiger partial charge in [0.05, 0.1) is 0 Å². The quantitative estimate of drug-likeness (QED) is 0.577. The Morgan fingerprint density at radius 1 is 1.13 bits per heavy atom. The molecule has 0 saturated carbocycles. The van der Waals surface area contributed by atoms with E-state index in [2.05, 4.69) is 59.6 Å². The molecule has 3 rings (SSSR count). The molecule has 0 aliphatic carbocycles. The van der Waals surface area contributed by atoms with E-state index in [1.165, 1.54) is 21.3 Å². The van der Waals surface area contributed by atoms with E-state index in [9.17, 15) is 0 Å². The molecule has 74 valence electrons. The molecule has 2 heteroatoms. The van der Waals surface area contributed by atoms with Crippen LogP contribution in [-0.2, 0) is 7.05 Å². The molecule has 0 saturated heterocycles. The summed E-state index contributed by atoms with van der Waals surface area (Å²) in [6.07, 6.45) is 2.10. The van der Waals surface area contributed by atoms with E-state index in [0.29, 0.717) is 0 Å². The van der Waals surface area contributed by atoms with Crippen molar-refractivity contribution in [2.24, 2.45) is 7.05 Å². The summed E-state index contributed by atoms with van der Waals surface area (Å²) in [6, 6.07) is 13.0. The molecule has 0 radical (unpaired) electrons. The van der Waals surface area contributed by atoms with Gasteiger partial charge in [-0.3, -0.25) is 0 Å². The van der Waals surface area contributed by atoms with Gasteiger partial charge in [-0.05, 0) is 34.5 Å². The Kier molecular flexibility index (Phi) is 1.89. The normalized spacial score (nSPS) is 11.0. The summed E-state index contributed by atoms with van der Waals surface area (Å²) in [6.45, 7) is 0. The molecule has 0 fully saturated rings. The second-order valence-electron chi connectivity index (χ2n) is 3.68. The van der Waals surface area contributed by atoms with Crippen LogP contribution in [0.1, 0.15) is 0 Å². The van der Waals surface area contributed by atoms with Gasteiger partial charge in [0.1, 0.15) is 0 Å². The zero-order valence-corrected chi connectivity index (χ0v) is 9.29. The molecule has 0 amide bonds. The van der Waals surface area contributed by atoms with Gasteiger partial charge in [0.2, 0.25) is 0 Å². The maximum absolute atomic E-state index is 2.25. The second kappa shape index (κ2) is 3.24. The highest BCUT2D eigenvalue weighted by molar-refractivity contribution is 7.13. The summed E-state index contributed by atoms with van der Waals surface area (Å²) in [5.74, 6) is 0. The van der Waals surface area contributed by atoms with Gasteiger partial charge in [-0.25, -0.2) is 0 Å². The Bertz CT molecular complexity index is 590. The van der Waals surface area contributed by atoms with Crippen LogP contribution < -0.4 is 0 Å². The summed E-state index contributed by atoms with van der Waals surface area (Å²) in [7, 11) is 2.08. The number of benzene rings is 1. The SMILES string of the molecule is Cn1ccc2ccc(-c3cccs3)cc21. The van der Waals surface area contributed by atoms with E-state index in [1.807, 2.05) is 0 Å². The van der Waals surface area contributed by atoms with Crippen molar-refractivity contribution in [3.63, 3.8) is 0 Å². The van der Waals surface area contributed by atoms with Crippen molar-refractivity contribution >= 4 is 22.2 Å². The Morgan fingerprint density at radius 3 is 2.87 bits per heavy atom. The molecule has 2 aromatic heterocycles. The molecule has 0 atom stereocenters. The number of rotatable bonds is 1. The number of thiophene rings is 1. The second-order valence-corrected chi connectivity index (χ2v) is 4.63. The number of aryl methyl sites for hydroxylation is 1. The summed E-state index contributed by atoms with van der Waals surface area (Å²) in [5, 5.41) is 3.42. The molecule has 3 aromatic rings. The molecule has 1 nitrogen and oxygen atoms in total. The summed E-state index contributed by atoms with van der Waals surface area (Å²) in [5.41, 5.74) is 2.60. The fraction of sp³-hybridized carbons (Fsp3) is 0.0769. The average Bonchev–Trinajstić information content (AvgIpc) is 2.88. The first-order valence-corrected chi connectivity index (χ1v) is 5.81.